The Balaban J connectivity index is 2.35. The summed E-state index contributed by atoms with van der Waals surface area (Å²) in [4.78, 5) is 11.0. The van der Waals surface area contributed by atoms with Crippen LogP contribution in [0.1, 0.15) is 30.9 Å². The fourth-order valence-electron chi connectivity index (χ4n) is 2.68. The number of halogens is 4. The van der Waals surface area contributed by atoms with E-state index < -0.39 is 40.8 Å². The quantitative estimate of drug-likeness (QED) is 0.837. The van der Waals surface area contributed by atoms with Crippen molar-refractivity contribution in [3.05, 3.63) is 35.1 Å². The Morgan fingerprint density at radius 3 is 2.26 bits per heavy atom. The lowest BCUT2D eigenvalue weighted by atomic mass is 10.0. The molecule has 0 aromatic heterocycles. The summed E-state index contributed by atoms with van der Waals surface area (Å²) in [6.07, 6.45) is -4.74. The second-order valence-corrected chi connectivity index (χ2v) is 5.35. The molecule has 1 aromatic carbocycles. The van der Waals surface area contributed by atoms with Crippen LogP contribution in [0, 0.1) is 17.2 Å². The van der Waals surface area contributed by atoms with Crippen molar-refractivity contribution in [3.63, 3.8) is 0 Å². The summed E-state index contributed by atoms with van der Waals surface area (Å²) in [5, 5.41) is 9.00. The first-order valence-corrected chi connectivity index (χ1v) is 5.66. The maximum atomic E-state index is 13.4. The highest BCUT2D eigenvalue weighted by Crippen LogP contribution is 2.64. The Kier molecular flexibility index (Phi) is 2.88. The first-order chi connectivity index (χ1) is 8.56. The summed E-state index contributed by atoms with van der Waals surface area (Å²) in [6.45, 7) is 3.40. The average molecular weight is 276 g/mol. The van der Waals surface area contributed by atoms with Crippen molar-refractivity contribution >= 4 is 5.97 Å². The second-order valence-electron chi connectivity index (χ2n) is 5.35. The fourth-order valence-corrected chi connectivity index (χ4v) is 2.68. The van der Waals surface area contributed by atoms with Crippen molar-refractivity contribution in [1.29, 1.82) is 0 Å². The number of rotatable bonds is 2. The van der Waals surface area contributed by atoms with E-state index in [2.05, 4.69) is 0 Å². The predicted octanol–water partition coefficient (Wildman–Crippen LogP) is 3.67. The van der Waals surface area contributed by atoms with Crippen molar-refractivity contribution in [2.75, 3.05) is 0 Å². The average Bonchev–Trinajstić information content (AvgIpc) is 2.79. The molecule has 0 amide bonds. The van der Waals surface area contributed by atoms with Gasteiger partial charge >= 0.3 is 12.1 Å². The van der Waals surface area contributed by atoms with Gasteiger partial charge in [0.1, 0.15) is 5.82 Å². The number of aliphatic carboxylic acids is 1. The molecule has 0 saturated heterocycles. The molecule has 6 heteroatoms. The number of alkyl halides is 3. The number of hydrogen-bond donors (Lipinski definition) is 1. The molecule has 0 unspecified atom stereocenters. The maximum absolute atomic E-state index is 13.4. The van der Waals surface area contributed by atoms with Gasteiger partial charge in [0.05, 0.1) is 11.5 Å². The normalized spacial score (nSPS) is 25.2. The summed E-state index contributed by atoms with van der Waals surface area (Å²) < 4.78 is 50.7. The predicted molar refractivity (Wildman–Crippen MR) is 59.0 cm³/mol. The van der Waals surface area contributed by atoms with Crippen LogP contribution in [0.15, 0.2) is 18.2 Å². The summed E-state index contributed by atoms with van der Waals surface area (Å²) in [5.74, 6) is -3.53. The zero-order valence-corrected chi connectivity index (χ0v) is 10.3. The van der Waals surface area contributed by atoms with Crippen LogP contribution in [0.25, 0.3) is 0 Å². The lowest BCUT2D eigenvalue weighted by molar-refractivity contribution is -0.140. The molecule has 1 fully saturated rings. The molecule has 0 radical (unpaired) electrons. The van der Waals surface area contributed by atoms with E-state index in [1.54, 1.807) is 13.8 Å². The van der Waals surface area contributed by atoms with E-state index >= 15 is 0 Å². The third-order valence-electron chi connectivity index (χ3n) is 3.75. The molecule has 19 heavy (non-hydrogen) atoms. The van der Waals surface area contributed by atoms with E-state index in [-0.39, 0.29) is 0 Å². The molecule has 1 aromatic rings. The number of carboxylic acids is 1. The van der Waals surface area contributed by atoms with Gasteiger partial charge < -0.3 is 5.11 Å². The third-order valence-corrected chi connectivity index (χ3v) is 3.75. The Morgan fingerprint density at radius 1 is 1.32 bits per heavy atom. The molecular weight excluding hydrogens is 264 g/mol. The second kappa shape index (κ2) is 3.95. The number of benzene rings is 1. The van der Waals surface area contributed by atoms with Gasteiger partial charge in [0, 0.05) is 5.92 Å². The van der Waals surface area contributed by atoms with Crippen molar-refractivity contribution < 1.29 is 27.5 Å². The lowest BCUT2D eigenvalue weighted by Crippen LogP contribution is -2.08. The zero-order valence-electron chi connectivity index (χ0n) is 10.3. The van der Waals surface area contributed by atoms with Crippen molar-refractivity contribution in [2.45, 2.75) is 25.9 Å². The highest BCUT2D eigenvalue weighted by atomic mass is 19.4. The van der Waals surface area contributed by atoms with Gasteiger partial charge in [-0.25, -0.2) is 4.39 Å². The van der Waals surface area contributed by atoms with Crippen LogP contribution in [-0.2, 0) is 11.0 Å². The van der Waals surface area contributed by atoms with E-state index in [1.165, 1.54) is 0 Å². The largest absolute Gasteiger partial charge is 0.481 e. The molecule has 104 valence electrons. The topological polar surface area (TPSA) is 37.3 Å². The van der Waals surface area contributed by atoms with E-state index in [0.29, 0.717) is 11.6 Å². The van der Waals surface area contributed by atoms with Crippen molar-refractivity contribution in [2.24, 2.45) is 11.3 Å². The molecule has 0 heterocycles. The molecule has 2 atom stereocenters. The molecule has 1 saturated carbocycles. The van der Waals surface area contributed by atoms with Crippen molar-refractivity contribution in [1.82, 2.24) is 0 Å². The van der Waals surface area contributed by atoms with Crippen LogP contribution in [0.5, 0.6) is 0 Å². The molecule has 2 rings (SSSR count). The Labute approximate surface area is 107 Å². The van der Waals surface area contributed by atoms with Crippen LogP contribution in [0.4, 0.5) is 17.6 Å². The lowest BCUT2D eigenvalue weighted by Gasteiger charge is -2.10. The smallest absolute Gasteiger partial charge is 0.419 e. The van der Waals surface area contributed by atoms with Gasteiger partial charge in [-0.15, -0.1) is 0 Å². The molecule has 0 bridgehead atoms. The van der Waals surface area contributed by atoms with Crippen LogP contribution in [0.3, 0.4) is 0 Å². The van der Waals surface area contributed by atoms with Gasteiger partial charge in [0.25, 0.3) is 0 Å². The van der Waals surface area contributed by atoms with E-state index in [4.69, 9.17) is 5.11 Å². The van der Waals surface area contributed by atoms with Crippen LogP contribution < -0.4 is 0 Å². The molecule has 1 aliphatic carbocycles. The summed E-state index contributed by atoms with van der Waals surface area (Å²) in [7, 11) is 0. The highest BCUT2D eigenvalue weighted by molar-refractivity contribution is 5.77. The van der Waals surface area contributed by atoms with Crippen LogP contribution in [-0.4, -0.2) is 11.1 Å². The molecule has 1 N–H and O–H groups in total. The number of carbonyl (C=O) groups is 1. The highest BCUT2D eigenvalue weighted by Gasteiger charge is 2.62. The van der Waals surface area contributed by atoms with E-state index in [0.717, 1.165) is 12.1 Å². The standard InChI is InChI=1S/C13H12F4O2/c1-12(2)9(10(12)11(18)19)6-3-4-7(8(14)5-6)13(15,16)17/h3-5,9-10H,1-2H3,(H,18,19)/t9-,10+/m1/s1. The number of carboxylic acid groups (broad SMARTS) is 1. The molecule has 2 nitrogen and oxygen atoms in total. The van der Waals surface area contributed by atoms with Gasteiger partial charge in [-0.2, -0.15) is 13.2 Å². The molecule has 0 spiro atoms. The first kappa shape index (κ1) is 13.8. The molecule has 1 aliphatic rings. The number of hydrogen-bond acceptors (Lipinski definition) is 1. The monoisotopic (exact) mass is 276 g/mol. The van der Waals surface area contributed by atoms with Crippen LogP contribution >= 0.6 is 0 Å². The summed E-state index contributed by atoms with van der Waals surface area (Å²) >= 11 is 0. The minimum Gasteiger partial charge on any atom is -0.481 e. The van der Waals surface area contributed by atoms with Crippen LogP contribution in [0.2, 0.25) is 0 Å². The Hall–Kier alpha value is -1.59. The van der Waals surface area contributed by atoms with Gasteiger partial charge in [-0.3, -0.25) is 4.79 Å². The fraction of sp³-hybridized carbons (Fsp3) is 0.462. The molecule has 0 aliphatic heterocycles. The van der Waals surface area contributed by atoms with Gasteiger partial charge in [0.15, 0.2) is 0 Å². The third kappa shape index (κ3) is 2.19. The maximum Gasteiger partial charge on any atom is 0.419 e. The van der Waals surface area contributed by atoms with E-state index in [9.17, 15) is 22.4 Å². The Morgan fingerprint density at radius 2 is 1.89 bits per heavy atom. The molecular formula is C13H12F4O2. The minimum atomic E-state index is -4.74. The van der Waals surface area contributed by atoms with Gasteiger partial charge in [0.2, 0.25) is 0 Å². The Bertz CT molecular complexity index is 534. The van der Waals surface area contributed by atoms with E-state index in [1.807, 2.05) is 0 Å². The summed E-state index contributed by atoms with van der Waals surface area (Å²) in [6, 6.07) is 2.61. The SMILES string of the molecule is CC1(C)[C@H](C(=O)O)[C@H]1c1ccc(C(F)(F)F)c(F)c1. The zero-order chi connectivity index (χ0) is 14.6. The van der Waals surface area contributed by atoms with Crippen molar-refractivity contribution in [3.8, 4) is 0 Å². The first-order valence-electron chi connectivity index (χ1n) is 5.66. The summed E-state index contributed by atoms with van der Waals surface area (Å²) in [5.41, 5.74) is -1.61. The van der Waals surface area contributed by atoms with Gasteiger partial charge in [-0.05, 0) is 23.1 Å². The minimum absolute atomic E-state index is 0.294. The van der Waals surface area contributed by atoms with Gasteiger partial charge in [-0.1, -0.05) is 19.9 Å².